The number of thiazole rings is 1. The van der Waals surface area contributed by atoms with Crippen molar-refractivity contribution in [2.75, 3.05) is 5.32 Å². The summed E-state index contributed by atoms with van der Waals surface area (Å²) in [6.45, 7) is 3.84. The van der Waals surface area contributed by atoms with Crippen molar-refractivity contribution in [2.24, 2.45) is 0 Å². The number of carbonyl (C=O) groups excluding carboxylic acids is 1. The molecule has 27 heavy (non-hydrogen) atoms. The molecule has 0 unspecified atom stereocenters. The van der Waals surface area contributed by atoms with Gasteiger partial charge in [-0.05, 0) is 37.6 Å². The minimum Gasteiger partial charge on any atom is -0.451 e. The van der Waals surface area contributed by atoms with Crippen molar-refractivity contribution in [1.82, 2.24) is 4.98 Å². The number of hydrogen-bond donors (Lipinski definition) is 1. The molecule has 0 radical (unpaired) electrons. The minimum atomic E-state index is -0.282. The molecule has 0 fully saturated rings. The third-order valence-corrected chi connectivity index (χ3v) is 5.77. The first-order chi connectivity index (χ1) is 13.0. The lowest BCUT2D eigenvalue weighted by Crippen LogP contribution is -2.11. The zero-order chi connectivity index (χ0) is 19.0. The zero-order valence-corrected chi connectivity index (χ0v) is 16.4. The molecular formula is C21H17ClN2O2S. The number of nitrogens with one attached hydrogen (secondary N) is 1. The van der Waals surface area contributed by atoms with Gasteiger partial charge >= 0.3 is 0 Å². The second kappa shape index (κ2) is 7.18. The first kappa shape index (κ1) is 17.8. The van der Waals surface area contributed by atoms with Crippen LogP contribution in [-0.2, 0) is 6.42 Å². The van der Waals surface area contributed by atoms with Gasteiger partial charge in [0.2, 0.25) is 0 Å². The van der Waals surface area contributed by atoms with E-state index in [1.165, 1.54) is 11.3 Å². The van der Waals surface area contributed by atoms with Gasteiger partial charge in [0.1, 0.15) is 5.58 Å². The molecule has 0 spiro atoms. The van der Waals surface area contributed by atoms with Gasteiger partial charge < -0.3 is 4.42 Å². The molecule has 4 rings (SSSR count). The minimum absolute atomic E-state index is 0.282. The molecule has 0 aliphatic heterocycles. The monoisotopic (exact) mass is 396 g/mol. The van der Waals surface area contributed by atoms with Crippen LogP contribution in [0.3, 0.4) is 0 Å². The Morgan fingerprint density at radius 1 is 1.15 bits per heavy atom. The number of para-hydroxylation sites is 1. The van der Waals surface area contributed by atoms with E-state index in [1.807, 2.05) is 62.4 Å². The molecule has 4 aromatic rings. The van der Waals surface area contributed by atoms with Crippen molar-refractivity contribution < 1.29 is 9.21 Å². The molecule has 4 nitrogen and oxygen atoms in total. The van der Waals surface area contributed by atoms with Gasteiger partial charge in [-0.1, -0.05) is 41.9 Å². The zero-order valence-electron chi connectivity index (χ0n) is 14.9. The number of aryl methyl sites for hydroxylation is 2. The Balaban J connectivity index is 1.54. The van der Waals surface area contributed by atoms with Crippen LogP contribution >= 0.6 is 22.9 Å². The van der Waals surface area contributed by atoms with Gasteiger partial charge in [0.15, 0.2) is 10.9 Å². The molecular weight excluding hydrogens is 380 g/mol. The number of carbonyl (C=O) groups is 1. The van der Waals surface area contributed by atoms with Crippen LogP contribution in [-0.4, -0.2) is 10.9 Å². The quantitative estimate of drug-likeness (QED) is 0.460. The van der Waals surface area contributed by atoms with Crippen LogP contribution in [0.25, 0.3) is 11.0 Å². The standard InChI is InChI=1S/C21H17ClN2O2S/c1-12-16-5-3-4-6-17(16)26-19(12)20(25)24-21-23-13(2)18(27-21)11-14-7-9-15(22)10-8-14/h3-10H,11H2,1-2H3,(H,23,24,25). The Morgan fingerprint density at radius 2 is 1.89 bits per heavy atom. The number of benzene rings is 2. The molecule has 0 atom stereocenters. The molecule has 2 aromatic heterocycles. The largest absolute Gasteiger partial charge is 0.451 e. The molecule has 1 N–H and O–H groups in total. The number of aromatic nitrogens is 1. The highest BCUT2D eigenvalue weighted by molar-refractivity contribution is 7.15. The summed E-state index contributed by atoms with van der Waals surface area (Å²) in [4.78, 5) is 18.3. The highest BCUT2D eigenvalue weighted by Crippen LogP contribution is 2.28. The third kappa shape index (κ3) is 3.61. The topological polar surface area (TPSA) is 55.1 Å². The summed E-state index contributed by atoms with van der Waals surface area (Å²) in [5, 5.41) is 5.10. The number of halogens is 1. The summed E-state index contributed by atoms with van der Waals surface area (Å²) >= 11 is 7.42. The number of rotatable bonds is 4. The van der Waals surface area contributed by atoms with E-state index in [0.29, 0.717) is 21.5 Å². The average molecular weight is 397 g/mol. The maximum atomic E-state index is 12.7. The van der Waals surface area contributed by atoms with Gasteiger partial charge in [0.05, 0.1) is 5.69 Å². The highest BCUT2D eigenvalue weighted by Gasteiger charge is 2.19. The molecule has 6 heteroatoms. The maximum Gasteiger partial charge on any atom is 0.293 e. The summed E-state index contributed by atoms with van der Waals surface area (Å²) in [5.74, 6) is 0.0406. The van der Waals surface area contributed by atoms with Crippen LogP contribution in [0, 0.1) is 13.8 Å². The number of nitrogens with zero attached hydrogens (tertiary/aromatic N) is 1. The SMILES string of the molecule is Cc1nc(NC(=O)c2oc3ccccc3c2C)sc1Cc1ccc(Cl)cc1. The lowest BCUT2D eigenvalue weighted by atomic mass is 10.1. The molecule has 0 bridgehead atoms. The van der Waals surface area contributed by atoms with Crippen LogP contribution in [0.1, 0.15) is 32.3 Å². The van der Waals surface area contributed by atoms with E-state index in [0.717, 1.165) is 33.5 Å². The van der Waals surface area contributed by atoms with Crippen molar-refractivity contribution >= 4 is 44.9 Å². The van der Waals surface area contributed by atoms with Crippen LogP contribution in [0.5, 0.6) is 0 Å². The summed E-state index contributed by atoms with van der Waals surface area (Å²) < 4.78 is 5.73. The molecule has 0 saturated carbocycles. The van der Waals surface area contributed by atoms with E-state index in [2.05, 4.69) is 10.3 Å². The second-order valence-corrected chi connectivity index (χ2v) is 7.86. The van der Waals surface area contributed by atoms with E-state index in [-0.39, 0.29) is 5.91 Å². The summed E-state index contributed by atoms with van der Waals surface area (Å²) in [5.41, 5.74) is 3.60. The predicted octanol–water partition coefficient (Wildman–Crippen LogP) is 6.00. The number of anilines is 1. The Kier molecular flexibility index (Phi) is 4.72. The van der Waals surface area contributed by atoms with Gasteiger partial charge in [0.25, 0.3) is 5.91 Å². The molecule has 1 amide bonds. The molecule has 2 heterocycles. The fourth-order valence-corrected chi connectivity index (χ4v) is 4.10. The van der Waals surface area contributed by atoms with Gasteiger partial charge in [-0.3, -0.25) is 10.1 Å². The van der Waals surface area contributed by atoms with Crippen molar-refractivity contribution in [2.45, 2.75) is 20.3 Å². The predicted molar refractivity (Wildman–Crippen MR) is 110 cm³/mol. The number of amides is 1. The van der Waals surface area contributed by atoms with Crippen LogP contribution < -0.4 is 5.32 Å². The van der Waals surface area contributed by atoms with E-state index < -0.39 is 0 Å². The lowest BCUT2D eigenvalue weighted by Gasteiger charge is -2.00. The Bertz CT molecular complexity index is 1130. The first-order valence-corrected chi connectivity index (χ1v) is 9.71. The van der Waals surface area contributed by atoms with E-state index in [1.54, 1.807) is 0 Å². The maximum absolute atomic E-state index is 12.7. The van der Waals surface area contributed by atoms with Crippen LogP contribution in [0.15, 0.2) is 52.9 Å². The molecule has 136 valence electrons. The number of furan rings is 1. The molecule has 0 saturated heterocycles. The molecule has 0 aliphatic rings. The van der Waals surface area contributed by atoms with Crippen molar-refractivity contribution in [3.63, 3.8) is 0 Å². The van der Waals surface area contributed by atoms with E-state index >= 15 is 0 Å². The van der Waals surface area contributed by atoms with E-state index in [9.17, 15) is 4.79 Å². The molecule has 0 aliphatic carbocycles. The summed E-state index contributed by atoms with van der Waals surface area (Å²) in [7, 11) is 0. The van der Waals surface area contributed by atoms with Gasteiger partial charge in [-0.15, -0.1) is 11.3 Å². The first-order valence-electron chi connectivity index (χ1n) is 8.51. The highest BCUT2D eigenvalue weighted by atomic mass is 35.5. The second-order valence-electron chi connectivity index (χ2n) is 6.34. The van der Waals surface area contributed by atoms with Gasteiger partial charge in [0, 0.05) is 27.3 Å². The van der Waals surface area contributed by atoms with Crippen LogP contribution in [0.2, 0.25) is 5.02 Å². The Hall–Kier alpha value is -2.63. The summed E-state index contributed by atoms with van der Waals surface area (Å²) in [6, 6.07) is 15.4. The van der Waals surface area contributed by atoms with Gasteiger partial charge in [-0.25, -0.2) is 4.98 Å². The third-order valence-electron chi connectivity index (χ3n) is 4.44. The fraction of sp³-hybridized carbons (Fsp3) is 0.143. The van der Waals surface area contributed by atoms with Gasteiger partial charge in [-0.2, -0.15) is 0 Å². The van der Waals surface area contributed by atoms with Crippen LogP contribution in [0.4, 0.5) is 5.13 Å². The Labute approximate surface area is 165 Å². The van der Waals surface area contributed by atoms with E-state index in [4.69, 9.17) is 16.0 Å². The lowest BCUT2D eigenvalue weighted by molar-refractivity contribution is 0.0998. The Morgan fingerprint density at radius 3 is 2.63 bits per heavy atom. The summed E-state index contributed by atoms with van der Waals surface area (Å²) in [6.07, 6.45) is 0.750. The van der Waals surface area contributed by atoms with Crippen molar-refractivity contribution in [3.8, 4) is 0 Å². The fourth-order valence-electron chi connectivity index (χ4n) is 2.98. The van der Waals surface area contributed by atoms with Crippen molar-refractivity contribution in [1.29, 1.82) is 0 Å². The normalized spacial score (nSPS) is 11.1. The smallest absolute Gasteiger partial charge is 0.293 e. The van der Waals surface area contributed by atoms with Crippen molar-refractivity contribution in [3.05, 3.63) is 81.0 Å². The number of fused-ring (bicyclic) bond motifs is 1. The number of hydrogen-bond acceptors (Lipinski definition) is 4. The molecule has 2 aromatic carbocycles. The average Bonchev–Trinajstić information content (AvgIpc) is 3.17.